The van der Waals surface area contributed by atoms with Crippen LogP contribution >= 0.6 is 0 Å². The van der Waals surface area contributed by atoms with Crippen LogP contribution in [0.5, 0.6) is 0 Å². The lowest BCUT2D eigenvalue weighted by molar-refractivity contribution is 0.249. The molecule has 90 valence electrons. The van der Waals surface area contributed by atoms with Crippen molar-refractivity contribution in [1.82, 2.24) is 16.2 Å². The van der Waals surface area contributed by atoms with Crippen LogP contribution in [0.1, 0.15) is 0 Å². The van der Waals surface area contributed by atoms with Crippen molar-refractivity contribution in [2.45, 2.75) is 0 Å². The largest absolute Gasteiger partial charge is 0.358 e. The highest BCUT2D eigenvalue weighted by molar-refractivity contribution is 6.18. The number of amides is 2. The summed E-state index contributed by atoms with van der Waals surface area (Å²) < 4.78 is 0. The fraction of sp³-hybridized carbons (Fsp3) is 0.111. The first kappa shape index (κ1) is 12.4. The molecule has 0 radical (unpaired) electrons. The molecule has 0 atom stereocenters. The highest BCUT2D eigenvalue weighted by atomic mass is 16.2. The number of carbonyl (C=O) groups excluding carboxylic acids is 1. The minimum absolute atomic E-state index is 0.0918. The van der Waals surface area contributed by atoms with Gasteiger partial charge in [-0.05, 0) is 24.3 Å². The Bertz CT molecular complexity index is 415. The van der Waals surface area contributed by atoms with Gasteiger partial charge in [0.1, 0.15) is 0 Å². The Kier molecular flexibility index (Phi) is 4.43. The number of hydrogen-bond acceptors (Lipinski definition) is 4. The van der Waals surface area contributed by atoms with Crippen LogP contribution in [0, 0.1) is 5.41 Å². The Morgan fingerprint density at radius 3 is 2.06 bits per heavy atom. The summed E-state index contributed by atoms with van der Waals surface area (Å²) in [6, 6.07) is -0.720. The third-order valence-corrected chi connectivity index (χ3v) is 1.69. The number of primary amides is 1. The molecule has 17 heavy (non-hydrogen) atoms. The highest BCUT2D eigenvalue weighted by Gasteiger charge is 1.99. The second-order valence-electron chi connectivity index (χ2n) is 2.95. The summed E-state index contributed by atoms with van der Waals surface area (Å²) in [5.74, 6) is 0.0918. The van der Waals surface area contributed by atoms with Crippen molar-refractivity contribution in [2.24, 2.45) is 15.9 Å². The van der Waals surface area contributed by atoms with Crippen LogP contribution in [0.4, 0.5) is 4.79 Å². The topological polar surface area (TPSA) is 128 Å². The lowest BCUT2D eigenvalue weighted by atomic mass is 10.1. The Balaban J connectivity index is 2.56. The first-order valence-electron chi connectivity index (χ1n) is 4.71. The number of guanidine groups is 1. The highest BCUT2D eigenvalue weighted by Crippen LogP contribution is 1.96. The van der Waals surface area contributed by atoms with Gasteiger partial charge < -0.3 is 11.1 Å². The molecule has 0 aromatic carbocycles. The van der Waals surface area contributed by atoms with Gasteiger partial charge in [-0.15, -0.1) is 0 Å². The van der Waals surface area contributed by atoms with Gasteiger partial charge in [0, 0.05) is 7.05 Å². The van der Waals surface area contributed by atoms with Gasteiger partial charge >= 0.3 is 6.03 Å². The third kappa shape index (κ3) is 4.60. The van der Waals surface area contributed by atoms with Gasteiger partial charge in [0.25, 0.3) is 0 Å². The lowest BCUT2D eigenvalue weighted by Gasteiger charge is -2.04. The molecule has 0 heterocycles. The lowest BCUT2D eigenvalue weighted by Crippen LogP contribution is -2.30. The molecule has 0 aliphatic heterocycles. The van der Waals surface area contributed by atoms with Crippen LogP contribution in [0.2, 0.25) is 0 Å². The Labute approximate surface area is 97.8 Å². The van der Waals surface area contributed by atoms with E-state index >= 15 is 0 Å². The smallest absolute Gasteiger partial charge is 0.332 e. The molecule has 0 aromatic rings. The second-order valence-corrected chi connectivity index (χ2v) is 2.95. The molecule has 0 fully saturated rings. The van der Waals surface area contributed by atoms with E-state index in [2.05, 4.69) is 26.4 Å². The Morgan fingerprint density at radius 1 is 1.18 bits per heavy atom. The van der Waals surface area contributed by atoms with E-state index in [9.17, 15) is 4.79 Å². The monoisotopic (exact) mass is 235 g/mol. The van der Waals surface area contributed by atoms with E-state index in [4.69, 9.17) is 11.1 Å². The maximum absolute atomic E-state index is 10.4. The van der Waals surface area contributed by atoms with Gasteiger partial charge in [-0.25, -0.2) is 15.6 Å². The fourth-order valence-electron chi connectivity index (χ4n) is 0.898. The van der Waals surface area contributed by atoms with Gasteiger partial charge in [0.2, 0.25) is 5.96 Å². The summed E-state index contributed by atoms with van der Waals surface area (Å²) in [7, 11) is 1.61. The zero-order chi connectivity index (χ0) is 12.7. The normalized spacial score (nSPS) is 13.0. The average molecular weight is 235 g/mol. The summed E-state index contributed by atoms with van der Waals surface area (Å²) in [5, 5.41) is 17.5. The maximum atomic E-state index is 10.4. The van der Waals surface area contributed by atoms with E-state index in [0.717, 1.165) is 0 Å². The van der Waals surface area contributed by atoms with Gasteiger partial charge in [0.15, 0.2) is 0 Å². The van der Waals surface area contributed by atoms with Gasteiger partial charge in [-0.2, -0.15) is 10.2 Å². The minimum atomic E-state index is -0.720. The van der Waals surface area contributed by atoms with Gasteiger partial charge in [-0.3, -0.25) is 5.41 Å². The molecule has 1 rings (SSSR count). The van der Waals surface area contributed by atoms with E-state index in [1.165, 1.54) is 0 Å². The Morgan fingerprint density at radius 2 is 1.65 bits per heavy atom. The minimum Gasteiger partial charge on any atom is -0.358 e. The number of nitrogens with one attached hydrogen (secondary N) is 4. The molecule has 2 amide bonds. The zero-order valence-electron chi connectivity index (χ0n) is 9.19. The van der Waals surface area contributed by atoms with Crippen LogP contribution < -0.4 is 21.9 Å². The summed E-state index contributed by atoms with van der Waals surface area (Å²) >= 11 is 0. The SMILES string of the molecule is CNC(=N)NN=C1C=CC(=NNC(N)=O)C=C1. The first-order chi connectivity index (χ1) is 8.11. The van der Waals surface area contributed by atoms with Crippen LogP contribution in [0.15, 0.2) is 34.5 Å². The van der Waals surface area contributed by atoms with Crippen molar-refractivity contribution in [3.8, 4) is 0 Å². The number of hydrazone groups is 2. The number of nitrogens with two attached hydrogens (primary N) is 1. The average Bonchev–Trinajstić information content (AvgIpc) is 2.34. The van der Waals surface area contributed by atoms with Crippen molar-refractivity contribution in [2.75, 3.05) is 7.05 Å². The predicted molar refractivity (Wildman–Crippen MR) is 65.8 cm³/mol. The van der Waals surface area contributed by atoms with Crippen molar-refractivity contribution in [3.63, 3.8) is 0 Å². The van der Waals surface area contributed by atoms with E-state index in [1.54, 1.807) is 31.4 Å². The number of allylic oxidation sites excluding steroid dienone is 4. The predicted octanol–water partition coefficient (Wildman–Crippen LogP) is -0.764. The molecule has 0 saturated heterocycles. The van der Waals surface area contributed by atoms with E-state index in [0.29, 0.717) is 11.4 Å². The van der Waals surface area contributed by atoms with E-state index < -0.39 is 6.03 Å². The molecule has 1 aliphatic carbocycles. The summed E-state index contributed by atoms with van der Waals surface area (Å²) in [5.41, 5.74) is 10.6. The van der Waals surface area contributed by atoms with Gasteiger partial charge in [0.05, 0.1) is 11.4 Å². The summed E-state index contributed by atoms with van der Waals surface area (Å²) in [6.45, 7) is 0. The molecule has 0 unspecified atom stereocenters. The number of nitrogens with zero attached hydrogens (tertiary/aromatic N) is 2. The van der Waals surface area contributed by atoms with Crippen molar-refractivity contribution in [3.05, 3.63) is 24.3 Å². The molecule has 1 aliphatic rings. The van der Waals surface area contributed by atoms with E-state index in [-0.39, 0.29) is 5.96 Å². The molecule has 0 bridgehead atoms. The molecule has 8 heteroatoms. The molecule has 0 saturated carbocycles. The molecule has 0 spiro atoms. The number of carbonyl (C=O) groups is 1. The summed E-state index contributed by atoms with van der Waals surface area (Å²) in [4.78, 5) is 10.4. The fourth-order valence-corrected chi connectivity index (χ4v) is 0.898. The Hall–Kier alpha value is -2.64. The maximum Gasteiger partial charge on any atom is 0.332 e. The first-order valence-corrected chi connectivity index (χ1v) is 4.71. The standard InChI is InChI=1S/C9H13N7O/c1-12-8(10)15-13-6-2-4-7(5-3-6)14-16-9(11)17/h2-5H,1H3,(H3,10,12,15)(H3,11,16,17). The van der Waals surface area contributed by atoms with Crippen molar-refractivity contribution < 1.29 is 4.79 Å². The van der Waals surface area contributed by atoms with Crippen molar-refractivity contribution in [1.29, 1.82) is 5.41 Å². The number of hydrogen-bond donors (Lipinski definition) is 5. The molecule has 6 N–H and O–H groups in total. The zero-order valence-corrected chi connectivity index (χ0v) is 9.19. The van der Waals surface area contributed by atoms with Crippen LogP contribution in [-0.4, -0.2) is 30.5 Å². The third-order valence-electron chi connectivity index (χ3n) is 1.69. The summed E-state index contributed by atoms with van der Waals surface area (Å²) in [6.07, 6.45) is 6.66. The van der Waals surface area contributed by atoms with Crippen LogP contribution in [0.25, 0.3) is 0 Å². The quantitative estimate of drug-likeness (QED) is 0.187. The van der Waals surface area contributed by atoms with Crippen molar-refractivity contribution >= 4 is 23.4 Å². The second kappa shape index (κ2) is 6.05. The van der Waals surface area contributed by atoms with Crippen LogP contribution in [0.3, 0.4) is 0 Å². The number of urea groups is 1. The molecular formula is C9H13N7O. The van der Waals surface area contributed by atoms with Gasteiger partial charge in [-0.1, -0.05) is 0 Å². The molecule has 8 nitrogen and oxygen atoms in total. The molecule has 0 aromatic heterocycles. The number of rotatable bonds is 2. The molecular weight excluding hydrogens is 222 g/mol. The van der Waals surface area contributed by atoms with E-state index in [1.807, 2.05) is 0 Å². The van der Waals surface area contributed by atoms with Crippen LogP contribution in [-0.2, 0) is 0 Å².